The zero-order valence-electron chi connectivity index (χ0n) is 36.9. The first kappa shape index (κ1) is 54.0. The summed E-state index contributed by atoms with van der Waals surface area (Å²) in [6.07, 6.45) is 56.6. The number of allylic oxidation sites excluding steroid dienone is 14. The number of amides is 1. The van der Waals surface area contributed by atoms with Crippen molar-refractivity contribution < 1.29 is 24.5 Å². The summed E-state index contributed by atoms with van der Waals surface area (Å²) in [5.41, 5.74) is 0. The second kappa shape index (κ2) is 44.1. The van der Waals surface area contributed by atoms with E-state index in [9.17, 15) is 19.8 Å². The molecule has 0 spiro atoms. The maximum absolute atomic E-state index is 13.1. The summed E-state index contributed by atoms with van der Waals surface area (Å²) in [7, 11) is 0. The van der Waals surface area contributed by atoms with Crippen LogP contribution in [0.15, 0.2) is 85.1 Å². The molecule has 0 heterocycles. The minimum Gasteiger partial charge on any atom is -0.462 e. The Hall–Kier alpha value is -2.96. The van der Waals surface area contributed by atoms with Gasteiger partial charge in [0.25, 0.3) is 0 Å². The van der Waals surface area contributed by atoms with E-state index in [1.54, 1.807) is 0 Å². The molecule has 0 aliphatic carbocycles. The highest BCUT2D eigenvalue weighted by Gasteiger charge is 2.24. The number of aliphatic hydroxyl groups excluding tert-OH is 2. The van der Waals surface area contributed by atoms with Gasteiger partial charge in [-0.15, -0.1) is 0 Å². The van der Waals surface area contributed by atoms with Crippen LogP contribution in [0, 0.1) is 0 Å². The number of aliphatic hydroxyl groups is 2. The predicted octanol–water partition coefficient (Wildman–Crippen LogP) is 13.6. The summed E-state index contributed by atoms with van der Waals surface area (Å²) in [6.45, 7) is 6.25. The van der Waals surface area contributed by atoms with Gasteiger partial charge in [0.05, 0.1) is 25.2 Å². The Morgan fingerprint density at radius 2 is 0.982 bits per heavy atom. The maximum atomic E-state index is 13.1. The van der Waals surface area contributed by atoms with Crippen molar-refractivity contribution >= 4 is 11.9 Å². The van der Waals surface area contributed by atoms with E-state index in [1.165, 1.54) is 51.4 Å². The monoisotopic (exact) mass is 794 g/mol. The van der Waals surface area contributed by atoms with E-state index >= 15 is 0 Å². The number of rotatable bonds is 40. The Morgan fingerprint density at radius 1 is 0.526 bits per heavy atom. The molecule has 6 nitrogen and oxygen atoms in total. The molecule has 0 fully saturated rings. The number of esters is 1. The van der Waals surface area contributed by atoms with E-state index < -0.39 is 18.2 Å². The lowest BCUT2D eigenvalue weighted by Gasteiger charge is -2.24. The standard InChI is InChI=1S/C51H87NO5/c1-4-7-10-13-16-19-21-22-23-24-25-26-27-28-30-32-35-38-41-44-51(56)57-47(42-39-36-33-18-15-12-9-6-3)45-50(55)52-48(46-53)49(54)43-40-37-34-31-29-20-17-14-11-8-5-2/h7,10,12,15-16,19,22-23,25-26,28,30,35,38,47-49,53-54H,4-6,8-9,11,13-14,17-18,20-21,24,27,29,31-34,36-37,39-46H2,1-3H3,(H,52,55)/b10-7-,15-12-,19-16-,23-22-,26-25-,30-28-,38-35-. The van der Waals surface area contributed by atoms with Crippen LogP contribution in [0.4, 0.5) is 0 Å². The molecule has 0 bridgehead atoms. The Balaban J connectivity index is 4.61. The van der Waals surface area contributed by atoms with Crippen molar-refractivity contribution in [2.75, 3.05) is 6.61 Å². The highest BCUT2D eigenvalue weighted by molar-refractivity contribution is 5.77. The number of ether oxygens (including phenoxy) is 1. The Bertz CT molecular complexity index is 1120. The summed E-state index contributed by atoms with van der Waals surface area (Å²) in [5, 5.41) is 23.6. The van der Waals surface area contributed by atoms with Gasteiger partial charge in [0.15, 0.2) is 0 Å². The molecule has 3 atom stereocenters. The minimum absolute atomic E-state index is 0.0315. The average molecular weight is 794 g/mol. The van der Waals surface area contributed by atoms with Gasteiger partial charge in [-0.1, -0.05) is 189 Å². The third kappa shape index (κ3) is 39.6. The zero-order valence-corrected chi connectivity index (χ0v) is 36.9. The molecule has 3 N–H and O–H groups in total. The second-order valence-corrected chi connectivity index (χ2v) is 15.4. The van der Waals surface area contributed by atoms with Gasteiger partial charge in [0.1, 0.15) is 6.10 Å². The van der Waals surface area contributed by atoms with Crippen molar-refractivity contribution in [1.82, 2.24) is 5.32 Å². The third-order valence-electron chi connectivity index (χ3n) is 9.95. The van der Waals surface area contributed by atoms with Gasteiger partial charge in [-0.2, -0.15) is 0 Å². The lowest BCUT2D eigenvalue weighted by molar-refractivity contribution is -0.150. The first-order valence-corrected chi connectivity index (χ1v) is 23.3. The molecular formula is C51H87NO5. The van der Waals surface area contributed by atoms with Gasteiger partial charge < -0.3 is 20.3 Å². The Kier molecular flexibility index (Phi) is 41.9. The molecule has 0 aliphatic heterocycles. The first-order chi connectivity index (χ1) is 28.0. The van der Waals surface area contributed by atoms with Crippen molar-refractivity contribution in [2.24, 2.45) is 0 Å². The molecule has 0 aromatic rings. The van der Waals surface area contributed by atoms with Crippen LogP contribution in [0.5, 0.6) is 0 Å². The fraction of sp³-hybridized carbons (Fsp3) is 0.686. The fourth-order valence-corrected chi connectivity index (χ4v) is 6.46. The average Bonchev–Trinajstić information content (AvgIpc) is 3.20. The number of unbranched alkanes of at least 4 members (excludes halogenated alkanes) is 14. The van der Waals surface area contributed by atoms with Gasteiger partial charge in [0, 0.05) is 6.42 Å². The quantitative estimate of drug-likeness (QED) is 0.0326. The number of nitrogens with one attached hydrogen (secondary N) is 1. The van der Waals surface area contributed by atoms with Crippen LogP contribution in [-0.4, -0.2) is 46.9 Å². The highest BCUT2D eigenvalue weighted by atomic mass is 16.5. The van der Waals surface area contributed by atoms with Gasteiger partial charge in [0.2, 0.25) is 5.91 Å². The summed E-state index contributed by atoms with van der Waals surface area (Å²) < 4.78 is 5.83. The molecule has 0 radical (unpaired) electrons. The van der Waals surface area contributed by atoms with Gasteiger partial charge >= 0.3 is 5.97 Å². The van der Waals surface area contributed by atoms with Crippen LogP contribution in [0.3, 0.4) is 0 Å². The molecule has 0 aliphatic rings. The predicted molar refractivity (Wildman–Crippen MR) is 245 cm³/mol. The SMILES string of the molecule is CC/C=C\C/C=C\C/C=C\C/C=C\C/C=C\C/C=C\CCC(=O)OC(CCCCC/C=C\CCC)CC(=O)NC(CO)C(O)CCCCCCCCCCCCC. The van der Waals surface area contributed by atoms with Crippen molar-refractivity contribution in [1.29, 1.82) is 0 Å². The normalized spacial score (nSPS) is 14.1. The van der Waals surface area contributed by atoms with E-state index in [2.05, 4.69) is 105 Å². The van der Waals surface area contributed by atoms with Crippen molar-refractivity contribution in [3.05, 3.63) is 85.1 Å². The van der Waals surface area contributed by atoms with Crippen molar-refractivity contribution in [3.8, 4) is 0 Å². The summed E-state index contributed by atoms with van der Waals surface area (Å²) in [6, 6.07) is -0.722. The Morgan fingerprint density at radius 3 is 1.51 bits per heavy atom. The molecule has 0 saturated carbocycles. The van der Waals surface area contributed by atoms with E-state index in [-0.39, 0.29) is 31.3 Å². The van der Waals surface area contributed by atoms with E-state index in [0.29, 0.717) is 19.3 Å². The van der Waals surface area contributed by atoms with E-state index in [1.807, 2.05) is 6.08 Å². The largest absolute Gasteiger partial charge is 0.462 e. The molecule has 3 unspecified atom stereocenters. The topological polar surface area (TPSA) is 95.9 Å². The number of hydrogen-bond donors (Lipinski definition) is 3. The summed E-state index contributed by atoms with van der Waals surface area (Å²) >= 11 is 0. The second-order valence-electron chi connectivity index (χ2n) is 15.4. The smallest absolute Gasteiger partial charge is 0.306 e. The lowest BCUT2D eigenvalue weighted by atomic mass is 10.0. The molecule has 0 aromatic heterocycles. The van der Waals surface area contributed by atoms with Crippen molar-refractivity contribution in [2.45, 2.75) is 219 Å². The number of carbonyl (C=O) groups excluding carboxylic acids is 2. The van der Waals surface area contributed by atoms with E-state index in [0.717, 1.165) is 96.3 Å². The van der Waals surface area contributed by atoms with Crippen LogP contribution in [-0.2, 0) is 14.3 Å². The van der Waals surface area contributed by atoms with Crippen LogP contribution in [0.2, 0.25) is 0 Å². The molecule has 57 heavy (non-hydrogen) atoms. The molecule has 0 aromatic carbocycles. The molecule has 0 rings (SSSR count). The maximum Gasteiger partial charge on any atom is 0.306 e. The first-order valence-electron chi connectivity index (χ1n) is 23.3. The zero-order chi connectivity index (χ0) is 41.7. The van der Waals surface area contributed by atoms with Gasteiger partial charge in [-0.05, 0) is 83.5 Å². The van der Waals surface area contributed by atoms with Crippen LogP contribution in [0.1, 0.15) is 201 Å². The Labute approximate surface area is 351 Å². The fourth-order valence-electron chi connectivity index (χ4n) is 6.46. The minimum atomic E-state index is -0.805. The summed E-state index contributed by atoms with van der Waals surface area (Å²) in [5.74, 6) is -0.602. The van der Waals surface area contributed by atoms with Crippen molar-refractivity contribution in [3.63, 3.8) is 0 Å². The lowest BCUT2D eigenvalue weighted by Crippen LogP contribution is -2.46. The highest BCUT2D eigenvalue weighted by Crippen LogP contribution is 2.16. The summed E-state index contributed by atoms with van der Waals surface area (Å²) in [4.78, 5) is 25.9. The third-order valence-corrected chi connectivity index (χ3v) is 9.95. The number of carbonyl (C=O) groups is 2. The molecule has 6 heteroatoms. The molecular weight excluding hydrogens is 707 g/mol. The van der Waals surface area contributed by atoms with Crippen LogP contribution < -0.4 is 5.32 Å². The van der Waals surface area contributed by atoms with Gasteiger partial charge in [-0.3, -0.25) is 9.59 Å². The molecule has 1 amide bonds. The van der Waals surface area contributed by atoms with Crippen LogP contribution >= 0.6 is 0 Å². The molecule has 0 saturated heterocycles. The van der Waals surface area contributed by atoms with Crippen LogP contribution in [0.25, 0.3) is 0 Å². The van der Waals surface area contributed by atoms with Gasteiger partial charge in [-0.25, -0.2) is 0 Å². The number of hydrogen-bond acceptors (Lipinski definition) is 5. The van der Waals surface area contributed by atoms with E-state index in [4.69, 9.17) is 4.74 Å². The molecule has 326 valence electrons.